The second-order valence-corrected chi connectivity index (χ2v) is 3.13. The van der Waals surface area contributed by atoms with Gasteiger partial charge in [0.05, 0.1) is 18.1 Å². The first-order valence-electron chi connectivity index (χ1n) is 3.79. The molecule has 5 nitrogen and oxygen atoms in total. The van der Waals surface area contributed by atoms with Gasteiger partial charge in [0.2, 0.25) is 0 Å². The van der Waals surface area contributed by atoms with E-state index in [2.05, 4.69) is 0 Å². The first-order valence-corrected chi connectivity index (χ1v) is 3.79. The fraction of sp³-hybridized carbons (Fsp3) is 0.857. The number of aliphatic hydroxyl groups is 3. The highest BCUT2D eigenvalue weighted by Crippen LogP contribution is 2.25. The summed E-state index contributed by atoms with van der Waals surface area (Å²) in [7, 11) is 0. The summed E-state index contributed by atoms with van der Waals surface area (Å²) in [5.74, 6) is -1.79. The molecular weight excluding hydrogens is 164 g/mol. The second-order valence-electron chi connectivity index (χ2n) is 3.13. The average molecular weight is 176 g/mol. The third-order valence-corrected chi connectivity index (χ3v) is 2.19. The first-order chi connectivity index (χ1) is 5.52. The lowest BCUT2D eigenvalue weighted by Crippen LogP contribution is -2.46. The third kappa shape index (κ3) is 1.74. The van der Waals surface area contributed by atoms with E-state index in [0.29, 0.717) is 0 Å². The average Bonchev–Trinajstić information content (AvgIpc) is 1.99. The van der Waals surface area contributed by atoms with Crippen LogP contribution in [0.15, 0.2) is 0 Å². The van der Waals surface area contributed by atoms with Gasteiger partial charge in [-0.15, -0.1) is 0 Å². The maximum atomic E-state index is 10.4. The zero-order valence-corrected chi connectivity index (χ0v) is 6.42. The highest BCUT2D eigenvalue weighted by atomic mass is 16.4. The van der Waals surface area contributed by atoms with Crippen molar-refractivity contribution in [2.75, 3.05) is 0 Å². The molecule has 0 aromatic carbocycles. The summed E-state index contributed by atoms with van der Waals surface area (Å²) in [4.78, 5) is 10.4. The van der Waals surface area contributed by atoms with Crippen molar-refractivity contribution < 1.29 is 25.2 Å². The molecule has 0 bridgehead atoms. The van der Waals surface area contributed by atoms with Crippen molar-refractivity contribution in [3.05, 3.63) is 0 Å². The Morgan fingerprint density at radius 3 is 1.83 bits per heavy atom. The van der Waals surface area contributed by atoms with Gasteiger partial charge in [0, 0.05) is 0 Å². The number of hydrogen-bond acceptors (Lipinski definition) is 4. The summed E-state index contributed by atoms with van der Waals surface area (Å²) in [6.07, 6.45) is -3.45. The van der Waals surface area contributed by atoms with Gasteiger partial charge in [-0.3, -0.25) is 4.79 Å². The lowest BCUT2D eigenvalue weighted by atomic mass is 9.83. The summed E-state index contributed by atoms with van der Waals surface area (Å²) >= 11 is 0. The van der Waals surface area contributed by atoms with Crippen LogP contribution < -0.4 is 0 Å². The molecule has 4 N–H and O–H groups in total. The number of carboxylic acid groups (broad SMARTS) is 1. The lowest BCUT2D eigenvalue weighted by Gasteiger charge is -2.31. The van der Waals surface area contributed by atoms with Crippen LogP contribution in [-0.4, -0.2) is 44.7 Å². The third-order valence-electron chi connectivity index (χ3n) is 2.19. The van der Waals surface area contributed by atoms with E-state index in [-0.39, 0.29) is 12.8 Å². The largest absolute Gasteiger partial charge is 0.481 e. The molecule has 4 atom stereocenters. The molecule has 1 fully saturated rings. The van der Waals surface area contributed by atoms with Crippen LogP contribution in [0.5, 0.6) is 0 Å². The number of aliphatic carboxylic acids is 1. The van der Waals surface area contributed by atoms with E-state index >= 15 is 0 Å². The fourth-order valence-electron chi connectivity index (χ4n) is 1.42. The van der Waals surface area contributed by atoms with Gasteiger partial charge in [-0.2, -0.15) is 0 Å². The van der Waals surface area contributed by atoms with Crippen molar-refractivity contribution >= 4 is 5.97 Å². The van der Waals surface area contributed by atoms with Crippen LogP contribution in [0.25, 0.3) is 0 Å². The Hall–Kier alpha value is -0.650. The van der Waals surface area contributed by atoms with Gasteiger partial charge in [-0.1, -0.05) is 0 Å². The summed E-state index contributed by atoms with van der Waals surface area (Å²) < 4.78 is 0. The van der Waals surface area contributed by atoms with Crippen LogP contribution >= 0.6 is 0 Å². The molecule has 0 saturated heterocycles. The summed E-state index contributed by atoms with van der Waals surface area (Å²) in [6.45, 7) is 0. The van der Waals surface area contributed by atoms with Crippen molar-refractivity contribution in [3.8, 4) is 0 Å². The van der Waals surface area contributed by atoms with Gasteiger partial charge in [-0.25, -0.2) is 0 Å². The molecule has 70 valence electrons. The first kappa shape index (κ1) is 9.44. The topological polar surface area (TPSA) is 98.0 Å². The van der Waals surface area contributed by atoms with E-state index in [9.17, 15) is 4.79 Å². The van der Waals surface area contributed by atoms with Crippen LogP contribution in [-0.2, 0) is 4.79 Å². The maximum absolute atomic E-state index is 10.4. The van der Waals surface area contributed by atoms with Gasteiger partial charge < -0.3 is 20.4 Å². The molecule has 0 aliphatic heterocycles. The summed E-state index contributed by atoms with van der Waals surface area (Å²) in [6, 6.07) is 0. The van der Waals surface area contributed by atoms with E-state index in [1.807, 2.05) is 0 Å². The number of hydrogen-bond donors (Lipinski definition) is 4. The molecule has 1 rings (SSSR count). The number of carboxylic acids is 1. The van der Waals surface area contributed by atoms with Crippen LogP contribution in [0, 0.1) is 5.92 Å². The molecule has 0 amide bonds. The highest BCUT2D eigenvalue weighted by Gasteiger charge is 2.37. The standard InChI is InChI=1S/C7H12O5/c8-4-1-3(7(11)12)2-5(9)6(4)10/h3-6,8-10H,1-2H2,(H,11,12)/t3?,4-,5+,6?. The van der Waals surface area contributed by atoms with Crippen molar-refractivity contribution in [1.82, 2.24) is 0 Å². The zero-order chi connectivity index (χ0) is 9.30. The Kier molecular flexibility index (Phi) is 2.66. The minimum Gasteiger partial charge on any atom is -0.481 e. The number of rotatable bonds is 1. The Bertz CT molecular complexity index is 169. The summed E-state index contributed by atoms with van der Waals surface area (Å²) in [5, 5.41) is 35.8. The number of aliphatic hydroxyl groups excluding tert-OH is 3. The minimum atomic E-state index is -1.21. The van der Waals surface area contributed by atoms with Crippen LogP contribution in [0.1, 0.15) is 12.8 Å². The van der Waals surface area contributed by atoms with Crippen LogP contribution in [0.2, 0.25) is 0 Å². The van der Waals surface area contributed by atoms with Crippen molar-refractivity contribution in [3.63, 3.8) is 0 Å². The van der Waals surface area contributed by atoms with E-state index < -0.39 is 30.2 Å². The predicted molar refractivity (Wildman–Crippen MR) is 38.4 cm³/mol. The van der Waals surface area contributed by atoms with Crippen molar-refractivity contribution in [2.45, 2.75) is 31.2 Å². The molecule has 1 saturated carbocycles. The maximum Gasteiger partial charge on any atom is 0.306 e. The molecular formula is C7H12O5. The van der Waals surface area contributed by atoms with E-state index in [0.717, 1.165) is 0 Å². The van der Waals surface area contributed by atoms with Gasteiger partial charge in [0.15, 0.2) is 0 Å². The van der Waals surface area contributed by atoms with Crippen LogP contribution in [0.3, 0.4) is 0 Å². The van der Waals surface area contributed by atoms with Gasteiger partial charge in [0.25, 0.3) is 0 Å². The Morgan fingerprint density at radius 1 is 1.08 bits per heavy atom. The molecule has 1 aliphatic rings. The second kappa shape index (κ2) is 3.38. The SMILES string of the molecule is O=C(O)C1C[C@@H](O)C(O)[C@@H](O)C1. The Morgan fingerprint density at radius 2 is 1.50 bits per heavy atom. The fourth-order valence-corrected chi connectivity index (χ4v) is 1.42. The van der Waals surface area contributed by atoms with Crippen LogP contribution in [0.4, 0.5) is 0 Å². The van der Waals surface area contributed by atoms with Crippen molar-refractivity contribution in [1.29, 1.82) is 0 Å². The molecule has 5 heteroatoms. The normalized spacial score (nSPS) is 42.6. The summed E-state index contributed by atoms with van der Waals surface area (Å²) in [5.41, 5.74) is 0. The van der Waals surface area contributed by atoms with E-state index in [1.54, 1.807) is 0 Å². The molecule has 0 radical (unpaired) electrons. The minimum absolute atomic E-state index is 0.00750. The Labute approximate surface area is 69.3 Å². The lowest BCUT2D eigenvalue weighted by molar-refractivity contribution is -0.153. The number of carbonyl (C=O) groups is 1. The smallest absolute Gasteiger partial charge is 0.306 e. The van der Waals surface area contributed by atoms with E-state index in [4.69, 9.17) is 20.4 Å². The molecule has 0 aromatic rings. The van der Waals surface area contributed by atoms with Gasteiger partial charge in [-0.05, 0) is 12.8 Å². The predicted octanol–water partition coefficient (Wildman–Crippen LogP) is -1.44. The van der Waals surface area contributed by atoms with Crippen molar-refractivity contribution in [2.24, 2.45) is 5.92 Å². The molecule has 0 heterocycles. The molecule has 1 aliphatic carbocycles. The monoisotopic (exact) mass is 176 g/mol. The Balaban J connectivity index is 2.59. The van der Waals surface area contributed by atoms with Gasteiger partial charge in [0.1, 0.15) is 6.10 Å². The highest BCUT2D eigenvalue weighted by molar-refractivity contribution is 5.70. The van der Waals surface area contributed by atoms with Gasteiger partial charge >= 0.3 is 5.97 Å². The molecule has 12 heavy (non-hydrogen) atoms. The molecule has 2 unspecified atom stereocenters. The quantitative estimate of drug-likeness (QED) is 0.392. The zero-order valence-electron chi connectivity index (χ0n) is 6.42. The van der Waals surface area contributed by atoms with E-state index in [1.165, 1.54) is 0 Å². The molecule has 0 aromatic heterocycles. The molecule has 0 spiro atoms.